The summed E-state index contributed by atoms with van der Waals surface area (Å²) in [7, 11) is 0. The average molecular weight is 428 g/mol. The number of nitrogens with zero attached hydrogens (tertiary/aromatic N) is 1. The van der Waals surface area contributed by atoms with Crippen LogP contribution in [0.25, 0.3) is 0 Å². The number of imide groups is 1. The number of halogens is 1. The van der Waals surface area contributed by atoms with Crippen molar-refractivity contribution in [3.63, 3.8) is 0 Å². The van der Waals surface area contributed by atoms with Crippen molar-refractivity contribution in [3.05, 3.63) is 70.7 Å². The van der Waals surface area contributed by atoms with Gasteiger partial charge in [0.05, 0.1) is 12.2 Å². The highest BCUT2D eigenvalue weighted by molar-refractivity contribution is 6.30. The van der Waals surface area contributed by atoms with Gasteiger partial charge in [-0.1, -0.05) is 54.1 Å². The number of hydrogen-bond acceptors (Lipinski definition) is 4. The lowest BCUT2D eigenvalue weighted by Crippen LogP contribution is -2.46. The normalized spacial score (nSPS) is 29.0. The van der Waals surface area contributed by atoms with E-state index in [1.807, 2.05) is 68.4 Å². The highest BCUT2D eigenvalue weighted by Crippen LogP contribution is 2.44. The summed E-state index contributed by atoms with van der Waals surface area (Å²) in [6.07, 6.45) is 1.05. The van der Waals surface area contributed by atoms with Gasteiger partial charge in [0.1, 0.15) is 12.6 Å². The van der Waals surface area contributed by atoms with Crippen molar-refractivity contribution in [1.82, 2.24) is 4.90 Å². The van der Waals surface area contributed by atoms with E-state index in [4.69, 9.17) is 21.1 Å². The molecule has 158 valence electrons. The van der Waals surface area contributed by atoms with Crippen molar-refractivity contribution in [2.45, 2.75) is 56.8 Å². The van der Waals surface area contributed by atoms with E-state index in [-0.39, 0.29) is 31.1 Å². The summed E-state index contributed by atoms with van der Waals surface area (Å²) >= 11 is 6.11. The largest absolute Gasteiger partial charge is 0.446 e. The average Bonchev–Trinajstić information content (AvgIpc) is 3.10. The molecular weight excluding hydrogens is 402 g/mol. The van der Waals surface area contributed by atoms with E-state index in [2.05, 4.69) is 0 Å². The van der Waals surface area contributed by atoms with Gasteiger partial charge in [-0.15, -0.1) is 0 Å². The fourth-order valence-corrected chi connectivity index (χ4v) is 5.08. The van der Waals surface area contributed by atoms with Gasteiger partial charge in [0.15, 0.2) is 0 Å². The first-order valence-corrected chi connectivity index (χ1v) is 10.7. The number of cyclic esters (lactones) is 1. The van der Waals surface area contributed by atoms with Crippen molar-refractivity contribution in [2.75, 3.05) is 6.61 Å². The Morgan fingerprint density at radius 1 is 1.07 bits per heavy atom. The molecule has 0 unspecified atom stereocenters. The van der Waals surface area contributed by atoms with Gasteiger partial charge in [0.2, 0.25) is 5.91 Å². The zero-order chi connectivity index (χ0) is 21.3. The van der Waals surface area contributed by atoms with Crippen molar-refractivity contribution >= 4 is 23.6 Å². The molecule has 0 radical (unpaired) electrons. The quantitative estimate of drug-likeness (QED) is 0.666. The summed E-state index contributed by atoms with van der Waals surface area (Å²) in [6, 6.07) is 16.8. The summed E-state index contributed by atoms with van der Waals surface area (Å²) in [5.41, 5.74) is 1.51. The third kappa shape index (κ3) is 4.09. The summed E-state index contributed by atoms with van der Waals surface area (Å²) in [5.74, 6) is -0.220. The molecule has 0 bridgehead atoms. The maximum absolute atomic E-state index is 13.5. The highest BCUT2D eigenvalue weighted by atomic mass is 35.5. The van der Waals surface area contributed by atoms with Crippen LogP contribution in [0, 0.1) is 0 Å². The molecule has 5 nitrogen and oxygen atoms in total. The molecule has 0 spiro atoms. The third-order valence-corrected chi connectivity index (χ3v) is 6.35. The number of rotatable bonds is 4. The molecule has 6 heteroatoms. The molecule has 0 aliphatic carbocycles. The second-order valence-electron chi connectivity index (χ2n) is 8.40. The molecule has 0 N–H and O–H groups in total. The van der Waals surface area contributed by atoms with E-state index < -0.39 is 17.6 Å². The molecule has 2 aromatic rings. The molecule has 2 amide bonds. The van der Waals surface area contributed by atoms with Crippen LogP contribution in [0.15, 0.2) is 54.6 Å². The van der Waals surface area contributed by atoms with E-state index in [1.54, 1.807) is 0 Å². The molecule has 2 aliphatic heterocycles. The van der Waals surface area contributed by atoms with Crippen molar-refractivity contribution in [1.29, 1.82) is 0 Å². The van der Waals surface area contributed by atoms with E-state index in [0.717, 1.165) is 11.1 Å². The predicted molar refractivity (Wildman–Crippen MR) is 114 cm³/mol. The summed E-state index contributed by atoms with van der Waals surface area (Å²) in [4.78, 5) is 27.3. The Morgan fingerprint density at radius 2 is 1.70 bits per heavy atom. The Balaban J connectivity index is 1.66. The number of benzene rings is 2. The fourth-order valence-electron chi connectivity index (χ4n) is 4.95. The maximum Gasteiger partial charge on any atom is 0.417 e. The minimum absolute atomic E-state index is 0.00711. The SMILES string of the molecule is C[C@H]1CC(CC(=O)N2C(=O)OC[C@@H]2c2ccccc2)(c2ccc(Cl)cc2)C[C@H](C)O1. The Morgan fingerprint density at radius 3 is 2.33 bits per heavy atom. The number of carbonyl (C=O) groups excluding carboxylic acids is 2. The summed E-state index contributed by atoms with van der Waals surface area (Å²) in [5, 5.41) is 0.653. The molecule has 2 aromatic carbocycles. The van der Waals surface area contributed by atoms with Gasteiger partial charge in [-0.25, -0.2) is 9.69 Å². The van der Waals surface area contributed by atoms with Gasteiger partial charge in [0.25, 0.3) is 0 Å². The zero-order valence-electron chi connectivity index (χ0n) is 17.2. The number of ether oxygens (including phenoxy) is 2. The smallest absolute Gasteiger partial charge is 0.417 e. The summed E-state index contributed by atoms with van der Waals surface area (Å²) in [6.45, 7) is 4.24. The monoisotopic (exact) mass is 427 g/mol. The third-order valence-electron chi connectivity index (χ3n) is 6.09. The van der Waals surface area contributed by atoms with Gasteiger partial charge in [-0.3, -0.25) is 4.79 Å². The summed E-state index contributed by atoms with van der Waals surface area (Å²) < 4.78 is 11.2. The first kappa shape index (κ1) is 20.9. The van der Waals surface area contributed by atoms with Crippen LogP contribution < -0.4 is 0 Å². The van der Waals surface area contributed by atoms with Crippen LogP contribution >= 0.6 is 11.6 Å². The van der Waals surface area contributed by atoms with E-state index in [1.165, 1.54) is 4.90 Å². The minimum Gasteiger partial charge on any atom is -0.446 e. The molecule has 3 atom stereocenters. The second kappa shape index (κ2) is 8.40. The Bertz CT molecular complexity index is 905. The number of carbonyl (C=O) groups is 2. The van der Waals surface area contributed by atoms with Crippen LogP contribution in [0.5, 0.6) is 0 Å². The van der Waals surface area contributed by atoms with Crippen LogP contribution in [0.4, 0.5) is 4.79 Å². The topological polar surface area (TPSA) is 55.8 Å². The Labute approximate surface area is 181 Å². The van der Waals surface area contributed by atoms with Gasteiger partial charge >= 0.3 is 6.09 Å². The standard InChI is InChI=1S/C24H26ClNO4/c1-16-12-24(13-17(2)30-16,19-8-10-20(25)11-9-19)14-22(27)26-21(15-29-23(26)28)18-6-4-3-5-7-18/h3-11,16-17,21H,12-15H2,1-2H3/t16-,17-,21+/m0/s1. The molecule has 2 aliphatic rings. The lowest BCUT2D eigenvalue weighted by atomic mass is 9.68. The van der Waals surface area contributed by atoms with Crippen LogP contribution in [0.1, 0.15) is 50.3 Å². The van der Waals surface area contributed by atoms with Gasteiger partial charge in [-0.05, 0) is 49.9 Å². The van der Waals surface area contributed by atoms with Gasteiger partial charge < -0.3 is 9.47 Å². The molecule has 0 saturated carbocycles. The van der Waals surface area contributed by atoms with Gasteiger partial charge in [0, 0.05) is 16.9 Å². The highest BCUT2D eigenvalue weighted by Gasteiger charge is 2.46. The van der Waals surface area contributed by atoms with E-state index in [0.29, 0.717) is 17.9 Å². The van der Waals surface area contributed by atoms with Crippen LogP contribution in [-0.4, -0.2) is 35.7 Å². The van der Waals surface area contributed by atoms with E-state index >= 15 is 0 Å². The number of hydrogen-bond donors (Lipinski definition) is 0. The zero-order valence-corrected chi connectivity index (χ0v) is 18.0. The predicted octanol–water partition coefficient (Wildman–Crippen LogP) is 5.28. The fraction of sp³-hybridized carbons (Fsp3) is 0.417. The maximum atomic E-state index is 13.5. The molecule has 30 heavy (non-hydrogen) atoms. The lowest BCUT2D eigenvalue weighted by Gasteiger charge is -2.43. The Hall–Kier alpha value is -2.37. The Kier molecular flexibility index (Phi) is 5.85. The molecule has 0 aromatic heterocycles. The first-order valence-electron chi connectivity index (χ1n) is 10.3. The van der Waals surface area contributed by atoms with E-state index in [9.17, 15) is 9.59 Å². The molecular formula is C24H26ClNO4. The van der Waals surface area contributed by atoms with Crippen molar-refractivity contribution in [3.8, 4) is 0 Å². The van der Waals surface area contributed by atoms with Crippen LogP contribution in [0.3, 0.4) is 0 Å². The first-order chi connectivity index (χ1) is 14.4. The lowest BCUT2D eigenvalue weighted by molar-refractivity contribution is -0.133. The van der Waals surface area contributed by atoms with Crippen molar-refractivity contribution in [2.24, 2.45) is 0 Å². The molecule has 2 saturated heterocycles. The minimum atomic E-state index is -0.576. The number of amides is 2. The van der Waals surface area contributed by atoms with Crippen molar-refractivity contribution < 1.29 is 19.1 Å². The van der Waals surface area contributed by atoms with Crippen LogP contribution in [0.2, 0.25) is 5.02 Å². The van der Waals surface area contributed by atoms with Crippen LogP contribution in [-0.2, 0) is 19.7 Å². The second-order valence-corrected chi connectivity index (χ2v) is 8.83. The molecule has 2 fully saturated rings. The molecule has 2 heterocycles. The van der Waals surface area contributed by atoms with Gasteiger partial charge in [-0.2, -0.15) is 0 Å². The molecule has 4 rings (SSSR count).